The van der Waals surface area contributed by atoms with Gasteiger partial charge in [-0.3, -0.25) is 4.57 Å². The lowest BCUT2D eigenvalue weighted by Gasteiger charge is -2.31. The van der Waals surface area contributed by atoms with Crippen LogP contribution in [0.25, 0.3) is 0 Å². The van der Waals surface area contributed by atoms with Crippen molar-refractivity contribution in [3.63, 3.8) is 0 Å². The molecule has 0 aliphatic heterocycles. The van der Waals surface area contributed by atoms with Crippen LogP contribution in [-0.2, 0) is 7.05 Å². The van der Waals surface area contributed by atoms with Crippen LogP contribution in [0.1, 0.15) is 32.1 Å². The van der Waals surface area contributed by atoms with Gasteiger partial charge in [-0.25, -0.2) is 0 Å². The van der Waals surface area contributed by atoms with Crippen LogP contribution in [0.3, 0.4) is 0 Å². The molecule has 1 saturated carbocycles. The lowest BCUT2D eigenvalue weighted by molar-refractivity contribution is 0.0272. The molecule has 0 aromatic carbocycles. The summed E-state index contributed by atoms with van der Waals surface area (Å²) in [5.41, 5.74) is 5.07. The summed E-state index contributed by atoms with van der Waals surface area (Å²) >= 11 is 1.53. The molecule has 1 aliphatic rings. The van der Waals surface area contributed by atoms with Crippen LogP contribution >= 0.6 is 11.8 Å². The fourth-order valence-electron chi connectivity index (χ4n) is 2.00. The van der Waals surface area contributed by atoms with Crippen LogP contribution in [0.4, 0.5) is 5.95 Å². The van der Waals surface area contributed by atoms with Crippen molar-refractivity contribution in [3.05, 3.63) is 0 Å². The standard InChI is InChI=1S/C10H18N4OS/c1-14-8(11)12-13-9(14)16-7-10(15)5-3-2-4-6-10/h15H,2-7H2,1H3,(H2,11,12). The van der Waals surface area contributed by atoms with Crippen molar-refractivity contribution in [1.82, 2.24) is 14.8 Å². The summed E-state index contributed by atoms with van der Waals surface area (Å²) < 4.78 is 1.75. The molecule has 3 N–H and O–H groups in total. The molecule has 1 fully saturated rings. The van der Waals surface area contributed by atoms with Crippen LogP contribution in [-0.4, -0.2) is 31.2 Å². The highest BCUT2D eigenvalue weighted by Gasteiger charge is 2.29. The third-order valence-corrected chi connectivity index (χ3v) is 4.42. The molecular formula is C10H18N4OS. The van der Waals surface area contributed by atoms with Crippen molar-refractivity contribution in [1.29, 1.82) is 0 Å². The van der Waals surface area contributed by atoms with Crippen molar-refractivity contribution in [3.8, 4) is 0 Å². The molecule has 0 bridgehead atoms. The van der Waals surface area contributed by atoms with Crippen LogP contribution in [0, 0.1) is 0 Å². The molecule has 5 nitrogen and oxygen atoms in total. The number of rotatable bonds is 3. The number of aliphatic hydroxyl groups is 1. The van der Waals surface area contributed by atoms with E-state index in [2.05, 4.69) is 10.2 Å². The highest BCUT2D eigenvalue weighted by Crippen LogP contribution is 2.32. The van der Waals surface area contributed by atoms with E-state index >= 15 is 0 Å². The second-order valence-electron chi connectivity index (χ2n) is 4.47. The summed E-state index contributed by atoms with van der Waals surface area (Å²) in [6.45, 7) is 0. The van der Waals surface area contributed by atoms with Crippen LogP contribution in [0.2, 0.25) is 0 Å². The van der Waals surface area contributed by atoms with Crippen LogP contribution in [0.5, 0.6) is 0 Å². The Hall–Kier alpha value is -0.750. The van der Waals surface area contributed by atoms with E-state index in [4.69, 9.17) is 5.73 Å². The summed E-state index contributed by atoms with van der Waals surface area (Å²) in [5, 5.41) is 18.9. The number of aromatic nitrogens is 3. The number of nitrogen functional groups attached to an aromatic ring is 1. The normalized spacial score (nSPS) is 19.9. The van der Waals surface area contributed by atoms with E-state index in [-0.39, 0.29) is 0 Å². The van der Waals surface area contributed by atoms with Gasteiger partial charge >= 0.3 is 0 Å². The fraction of sp³-hybridized carbons (Fsp3) is 0.800. The Labute approximate surface area is 99.4 Å². The van der Waals surface area contributed by atoms with Gasteiger partial charge in [0.05, 0.1) is 5.60 Å². The van der Waals surface area contributed by atoms with Crippen LogP contribution in [0.15, 0.2) is 5.16 Å². The Morgan fingerprint density at radius 3 is 2.62 bits per heavy atom. The summed E-state index contributed by atoms with van der Waals surface area (Å²) in [6, 6.07) is 0. The van der Waals surface area contributed by atoms with Gasteiger partial charge in [-0.05, 0) is 12.8 Å². The van der Waals surface area contributed by atoms with Gasteiger partial charge in [-0.1, -0.05) is 31.0 Å². The number of anilines is 1. The van der Waals surface area contributed by atoms with Crippen molar-refractivity contribution in [2.45, 2.75) is 42.9 Å². The Morgan fingerprint density at radius 2 is 2.06 bits per heavy atom. The van der Waals surface area contributed by atoms with Crippen molar-refractivity contribution in [2.24, 2.45) is 7.05 Å². The second kappa shape index (κ2) is 4.63. The third kappa shape index (κ3) is 2.49. The lowest BCUT2D eigenvalue weighted by atomic mass is 9.86. The summed E-state index contributed by atoms with van der Waals surface area (Å²) in [7, 11) is 1.84. The fourth-order valence-corrected chi connectivity index (χ4v) is 3.08. The number of nitrogens with zero attached hydrogens (tertiary/aromatic N) is 3. The van der Waals surface area contributed by atoms with E-state index in [0.29, 0.717) is 11.7 Å². The topological polar surface area (TPSA) is 77.0 Å². The first-order valence-electron chi connectivity index (χ1n) is 5.61. The number of hydrogen-bond donors (Lipinski definition) is 2. The quantitative estimate of drug-likeness (QED) is 0.778. The summed E-state index contributed by atoms with van der Waals surface area (Å²) in [4.78, 5) is 0. The summed E-state index contributed by atoms with van der Waals surface area (Å²) in [5.74, 6) is 1.09. The minimum Gasteiger partial charge on any atom is -0.389 e. The van der Waals surface area contributed by atoms with E-state index in [1.807, 2.05) is 7.05 Å². The molecule has 16 heavy (non-hydrogen) atoms. The SMILES string of the molecule is Cn1c(N)nnc1SCC1(O)CCCCC1. The Balaban J connectivity index is 1.93. The van der Waals surface area contributed by atoms with Crippen molar-refractivity contribution < 1.29 is 5.11 Å². The predicted molar refractivity (Wildman–Crippen MR) is 64.2 cm³/mol. The minimum absolute atomic E-state index is 0.415. The molecule has 0 saturated heterocycles. The molecule has 0 atom stereocenters. The predicted octanol–water partition coefficient (Wildman–Crippen LogP) is 1.18. The van der Waals surface area contributed by atoms with Crippen molar-refractivity contribution >= 4 is 17.7 Å². The first-order chi connectivity index (χ1) is 7.61. The second-order valence-corrected chi connectivity index (χ2v) is 5.42. The maximum absolute atomic E-state index is 10.3. The molecule has 0 spiro atoms. The molecule has 1 aromatic rings. The van der Waals surface area contributed by atoms with E-state index in [9.17, 15) is 5.11 Å². The van der Waals surface area contributed by atoms with Crippen molar-refractivity contribution in [2.75, 3.05) is 11.5 Å². The highest BCUT2D eigenvalue weighted by molar-refractivity contribution is 7.99. The van der Waals surface area contributed by atoms with E-state index in [0.717, 1.165) is 30.8 Å². The molecule has 0 radical (unpaired) electrons. The van der Waals surface area contributed by atoms with Gasteiger partial charge in [0.15, 0.2) is 5.16 Å². The Kier molecular flexibility index (Phi) is 3.39. The zero-order valence-corrected chi connectivity index (χ0v) is 10.3. The molecule has 2 rings (SSSR count). The first-order valence-corrected chi connectivity index (χ1v) is 6.59. The molecular weight excluding hydrogens is 224 g/mol. The van der Waals surface area contributed by atoms with E-state index in [1.54, 1.807) is 4.57 Å². The lowest BCUT2D eigenvalue weighted by Crippen LogP contribution is -2.34. The molecule has 1 heterocycles. The first kappa shape index (κ1) is 11.7. The zero-order valence-electron chi connectivity index (χ0n) is 9.52. The maximum atomic E-state index is 10.3. The van der Waals surface area contributed by atoms with Gasteiger partial charge in [0.25, 0.3) is 0 Å². The van der Waals surface area contributed by atoms with Gasteiger partial charge in [-0.2, -0.15) is 0 Å². The highest BCUT2D eigenvalue weighted by atomic mass is 32.2. The maximum Gasteiger partial charge on any atom is 0.222 e. The third-order valence-electron chi connectivity index (χ3n) is 3.12. The molecule has 1 aliphatic carbocycles. The minimum atomic E-state index is -0.524. The van der Waals surface area contributed by atoms with Gasteiger partial charge in [0.2, 0.25) is 5.95 Å². The number of thioether (sulfide) groups is 1. The van der Waals surface area contributed by atoms with Crippen LogP contribution < -0.4 is 5.73 Å². The van der Waals surface area contributed by atoms with Gasteiger partial charge < -0.3 is 10.8 Å². The number of nitrogens with two attached hydrogens (primary N) is 1. The monoisotopic (exact) mass is 242 g/mol. The van der Waals surface area contributed by atoms with E-state index in [1.165, 1.54) is 18.2 Å². The zero-order chi connectivity index (χ0) is 11.6. The van der Waals surface area contributed by atoms with Gasteiger partial charge in [-0.15, -0.1) is 10.2 Å². The number of hydrogen-bond acceptors (Lipinski definition) is 5. The average molecular weight is 242 g/mol. The average Bonchev–Trinajstić information content (AvgIpc) is 2.58. The smallest absolute Gasteiger partial charge is 0.222 e. The summed E-state index contributed by atoms with van der Waals surface area (Å²) in [6.07, 6.45) is 5.28. The Bertz CT molecular complexity index is 360. The molecule has 1 aromatic heterocycles. The van der Waals surface area contributed by atoms with E-state index < -0.39 is 5.60 Å². The molecule has 6 heteroatoms. The van der Waals surface area contributed by atoms with Gasteiger partial charge in [0.1, 0.15) is 0 Å². The van der Waals surface area contributed by atoms with Gasteiger partial charge in [0, 0.05) is 12.8 Å². The Morgan fingerprint density at radius 1 is 1.38 bits per heavy atom. The largest absolute Gasteiger partial charge is 0.389 e. The molecule has 0 amide bonds. The molecule has 0 unspecified atom stereocenters. The molecule has 90 valence electrons.